The average Bonchev–Trinajstić information content (AvgIpc) is 3.31. The van der Waals surface area contributed by atoms with Crippen LogP contribution in [0.1, 0.15) is 36.8 Å². The number of carbonyl (C=O) groups excluding carboxylic acids is 1. The fourth-order valence-corrected chi connectivity index (χ4v) is 3.23. The van der Waals surface area contributed by atoms with Gasteiger partial charge in [-0.05, 0) is 55.9 Å². The zero-order valence-electron chi connectivity index (χ0n) is 12.6. The Hall–Kier alpha value is -1.06. The van der Waals surface area contributed by atoms with Gasteiger partial charge >= 0.3 is 0 Å². The van der Waals surface area contributed by atoms with Gasteiger partial charge in [-0.25, -0.2) is 0 Å². The maximum atomic E-state index is 12.0. The molecule has 0 aromatic heterocycles. The molecule has 3 rings (SSSR count). The van der Waals surface area contributed by atoms with Gasteiger partial charge < -0.3 is 10.2 Å². The van der Waals surface area contributed by atoms with Crippen LogP contribution in [0.25, 0.3) is 0 Å². The Balaban J connectivity index is 1.45. The second-order valence-electron chi connectivity index (χ2n) is 6.33. The zero-order valence-corrected chi connectivity index (χ0v) is 13.3. The van der Waals surface area contributed by atoms with Gasteiger partial charge in [-0.2, -0.15) is 0 Å². The molecule has 114 valence electrons. The third-order valence-corrected chi connectivity index (χ3v) is 4.85. The van der Waals surface area contributed by atoms with Gasteiger partial charge in [-0.3, -0.25) is 4.79 Å². The summed E-state index contributed by atoms with van der Waals surface area (Å²) in [5.74, 6) is 0.744. The highest BCUT2D eigenvalue weighted by Gasteiger charge is 2.34. The number of likely N-dealkylation sites (tertiary alicyclic amines) is 1. The first-order valence-electron chi connectivity index (χ1n) is 7.90. The van der Waals surface area contributed by atoms with E-state index in [4.69, 9.17) is 11.6 Å². The molecule has 4 heteroatoms. The van der Waals surface area contributed by atoms with E-state index >= 15 is 0 Å². The molecule has 21 heavy (non-hydrogen) atoms. The third-order valence-electron chi connectivity index (χ3n) is 4.62. The van der Waals surface area contributed by atoms with E-state index < -0.39 is 0 Å². The number of rotatable bonds is 4. The predicted octanol–water partition coefficient (Wildman–Crippen LogP) is 3.14. The van der Waals surface area contributed by atoms with Crippen LogP contribution in [0.3, 0.4) is 0 Å². The lowest BCUT2D eigenvalue weighted by Crippen LogP contribution is -2.45. The standard InChI is InChI=1S/C17H23ClN2O/c1-12-10-15(18)5-4-14(12)11-19-16-6-8-20(9-7-16)17(21)13-2-3-13/h4-5,10,13,16,19H,2-3,6-9,11H2,1H3. The Labute approximate surface area is 131 Å². The summed E-state index contributed by atoms with van der Waals surface area (Å²) in [5, 5.41) is 4.42. The quantitative estimate of drug-likeness (QED) is 0.927. The molecule has 2 fully saturated rings. The summed E-state index contributed by atoms with van der Waals surface area (Å²) in [4.78, 5) is 14.1. The van der Waals surface area contributed by atoms with Gasteiger partial charge in [0.25, 0.3) is 0 Å². The van der Waals surface area contributed by atoms with E-state index in [1.54, 1.807) is 0 Å². The predicted molar refractivity (Wildman–Crippen MR) is 85.4 cm³/mol. The number of nitrogens with one attached hydrogen (secondary N) is 1. The van der Waals surface area contributed by atoms with Gasteiger partial charge in [0.1, 0.15) is 0 Å². The molecule has 1 amide bonds. The first-order valence-corrected chi connectivity index (χ1v) is 8.28. The van der Waals surface area contributed by atoms with Crippen LogP contribution in [0, 0.1) is 12.8 Å². The van der Waals surface area contributed by atoms with Crippen molar-refractivity contribution < 1.29 is 4.79 Å². The van der Waals surface area contributed by atoms with E-state index in [9.17, 15) is 4.79 Å². The van der Waals surface area contributed by atoms with Crippen LogP contribution < -0.4 is 5.32 Å². The lowest BCUT2D eigenvalue weighted by molar-refractivity contribution is -0.133. The van der Waals surface area contributed by atoms with Crippen molar-refractivity contribution in [3.63, 3.8) is 0 Å². The molecule has 0 bridgehead atoms. The topological polar surface area (TPSA) is 32.3 Å². The Morgan fingerprint density at radius 1 is 1.29 bits per heavy atom. The van der Waals surface area contributed by atoms with Crippen molar-refractivity contribution in [2.45, 2.75) is 45.2 Å². The molecular weight excluding hydrogens is 284 g/mol. The number of halogens is 1. The molecule has 3 nitrogen and oxygen atoms in total. The van der Waals surface area contributed by atoms with Crippen LogP contribution in [0.15, 0.2) is 18.2 Å². The maximum absolute atomic E-state index is 12.0. The summed E-state index contributed by atoms with van der Waals surface area (Å²) in [6.45, 7) is 4.79. The van der Waals surface area contributed by atoms with Crippen molar-refractivity contribution in [3.05, 3.63) is 34.3 Å². The van der Waals surface area contributed by atoms with Crippen LogP contribution in [0.5, 0.6) is 0 Å². The van der Waals surface area contributed by atoms with Gasteiger partial charge in [0.15, 0.2) is 0 Å². The molecule has 1 saturated carbocycles. The van der Waals surface area contributed by atoms with Gasteiger partial charge in [0.2, 0.25) is 5.91 Å². The third kappa shape index (κ3) is 3.78. The van der Waals surface area contributed by atoms with Gasteiger partial charge in [-0.15, -0.1) is 0 Å². The average molecular weight is 307 g/mol. The first-order chi connectivity index (χ1) is 10.1. The minimum atomic E-state index is 0.353. The zero-order chi connectivity index (χ0) is 14.8. The molecule has 1 saturated heterocycles. The summed E-state index contributed by atoms with van der Waals surface area (Å²) < 4.78 is 0. The number of benzene rings is 1. The normalized spacial score (nSPS) is 19.8. The minimum absolute atomic E-state index is 0.353. The summed E-state index contributed by atoms with van der Waals surface area (Å²) >= 11 is 5.98. The highest BCUT2D eigenvalue weighted by atomic mass is 35.5. The largest absolute Gasteiger partial charge is 0.342 e. The van der Waals surface area contributed by atoms with E-state index in [-0.39, 0.29) is 0 Å². The van der Waals surface area contributed by atoms with Crippen LogP contribution in [-0.2, 0) is 11.3 Å². The van der Waals surface area contributed by atoms with E-state index in [2.05, 4.69) is 23.2 Å². The highest BCUT2D eigenvalue weighted by Crippen LogP contribution is 2.31. The smallest absolute Gasteiger partial charge is 0.225 e. The number of carbonyl (C=O) groups is 1. The van der Waals surface area contributed by atoms with E-state index in [0.717, 1.165) is 50.3 Å². The van der Waals surface area contributed by atoms with Crippen LogP contribution in [-0.4, -0.2) is 29.9 Å². The maximum Gasteiger partial charge on any atom is 0.225 e. The Bertz CT molecular complexity index is 520. The van der Waals surface area contributed by atoms with Gasteiger partial charge in [-0.1, -0.05) is 17.7 Å². The van der Waals surface area contributed by atoms with Crippen molar-refractivity contribution in [3.8, 4) is 0 Å². The van der Waals surface area contributed by atoms with E-state index in [1.807, 2.05) is 12.1 Å². The second kappa shape index (κ2) is 6.37. The molecule has 1 aliphatic carbocycles. The molecule has 1 aromatic rings. The Morgan fingerprint density at radius 2 is 2.00 bits per heavy atom. The van der Waals surface area contributed by atoms with Crippen molar-refractivity contribution in [1.82, 2.24) is 10.2 Å². The summed E-state index contributed by atoms with van der Waals surface area (Å²) in [6.07, 6.45) is 4.33. The Kier molecular flexibility index (Phi) is 4.51. The molecule has 0 radical (unpaired) electrons. The monoisotopic (exact) mass is 306 g/mol. The van der Waals surface area contributed by atoms with E-state index in [0.29, 0.717) is 17.9 Å². The molecule has 0 spiro atoms. The molecule has 0 atom stereocenters. The van der Waals surface area contributed by atoms with Crippen molar-refractivity contribution in [1.29, 1.82) is 0 Å². The second-order valence-corrected chi connectivity index (χ2v) is 6.76. The Morgan fingerprint density at radius 3 is 2.62 bits per heavy atom. The number of nitrogens with zero attached hydrogens (tertiary/aromatic N) is 1. The fraction of sp³-hybridized carbons (Fsp3) is 0.588. The number of aryl methyl sites for hydroxylation is 1. The number of amides is 1. The SMILES string of the molecule is Cc1cc(Cl)ccc1CNC1CCN(C(=O)C2CC2)CC1. The minimum Gasteiger partial charge on any atom is -0.342 e. The number of hydrogen-bond donors (Lipinski definition) is 1. The van der Waals surface area contributed by atoms with Crippen LogP contribution in [0.2, 0.25) is 5.02 Å². The number of piperidine rings is 1. The summed E-state index contributed by atoms with van der Waals surface area (Å²) in [7, 11) is 0. The fourth-order valence-electron chi connectivity index (χ4n) is 3.00. The first kappa shape index (κ1) is 14.9. The van der Waals surface area contributed by atoms with Gasteiger partial charge in [0, 0.05) is 36.6 Å². The molecule has 1 N–H and O–H groups in total. The van der Waals surface area contributed by atoms with Crippen molar-refractivity contribution in [2.75, 3.05) is 13.1 Å². The van der Waals surface area contributed by atoms with Crippen molar-refractivity contribution in [2.24, 2.45) is 5.92 Å². The molecule has 1 heterocycles. The lowest BCUT2D eigenvalue weighted by atomic mass is 10.0. The van der Waals surface area contributed by atoms with Gasteiger partial charge in [0.05, 0.1) is 0 Å². The highest BCUT2D eigenvalue weighted by molar-refractivity contribution is 6.30. The summed E-state index contributed by atoms with van der Waals surface area (Å²) in [6, 6.07) is 6.57. The number of hydrogen-bond acceptors (Lipinski definition) is 2. The van der Waals surface area contributed by atoms with Crippen molar-refractivity contribution >= 4 is 17.5 Å². The molecule has 1 aliphatic heterocycles. The summed E-state index contributed by atoms with van der Waals surface area (Å²) in [5.41, 5.74) is 2.53. The van der Waals surface area contributed by atoms with Crippen LogP contribution >= 0.6 is 11.6 Å². The van der Waals surface area contributed by atoms with Crippen LogP contribution in [0.4, 0.5) is 0 Å². The molecule has 0 unspecified atom stereocenters. The van der Waals surface area contributed by atoms with E-state index in [1.165, 1.54) is 11.1 Å². The molecule has 1 aromatic carbocycles. The molecular formula is C17H23ClN2O. The molecule has 2 aliphatic rings. The lowest BCUT2D eigenvalue weighted by Gasteiger charge is -2.32.